The van der Waals surface area contributed by atoms with Gasteiger partial charge in [0.2, 0.25) is 10.0 Å². The molecule has 1 saturated heterocycles. The lowest BCUT2D eigenvalue weighted by Gasteiger charge is -2.31. The summed E-state index contributed by atoms with van der Waals surface area (Å²) in [7, 11) is -3.56. The van der Waals surface area contributed by atoms with Crippen LogP contribution < -0.4 is 10.6 Å². The average Bonchev–Trinajstić information content (AvgIpc) is 3.54. The van der Waals surface area contributed by atoms with Crippen molar-refractivity contribution in [3.05, 3.63) is 24.2 Å². The Morgan fingerprint density at radius 3 is 2.79 bits per heavy atom. The summed E-state index contributed by atoms with van der Waals surface area (Å²) in [5.74, 6) is 1.06. The number of aromatic amines is 1. The Morgan fingerprint density at radius 1 is 1.09 bits per heavy atom. The Bertz CT molecular complexity index is 1070. The SMILES string of the molecule is O=C1NCCCCn2cc(cn2)S(=O)(=O)N2CCC(CC2)Nc2cc([nH]n2)[C@H]2CC[C@H](C2)O1. The number of aryl methyl sites for hydroxylation is 1. The van der Waals surface area contributed by atoms with Gasteiger partial charge >= 0.3 is 6.09 Å². The summed E-state index contributed by atoms with van der Waals surface area (Å²) in [4.78, 5) is 12.4. The maximum atomic E-state index is 13.0. The number of sulfonamides is 1. The van der Waals surface area contributed by atoms with E-state index >= 15 is 0 Å². The zero-order valence-electron chi connectivity index (χ0n) is 18.6. The molecule has 4 aliphatic rings. The standard InChI is InChI=1S/C21H31N7O4S/c29-21-22-7-1-2-8-27-14-18(13-23-27)33(30,31)28-9-5-16(6-10-28)24-20-12-19(25-26-20)15-3-4-17(11-15)32-21/h12-17H,1-11H2,(H,22,29)(H2,24,25,26)/t15-,17+/m0/s1. The van der Waals surface area contributed by atoms with Crippen molar-refractivity contribution in [1.82, 2.24) is 29.6 Å². The molecule has 33 heavy (non-hydrogen) atoms. The molecule has 6 rings (SSSR count). The molecule has 1 aliphatic carbocycles. The molecule has 0 aromatic carbocycles. The highest BCUT2D eigenvalue weighted by Gasteiger charge is 2.32. The van der Waals surface area contributed by atoms with Gasteiger partial charge in [0, 0.05) is 56.1 Å². The second-order valence-corrected chi connectivity index (χ2v) is 11.1. The highest BCUT2D eigenvalue weighted by molar-refractivity contribution is 7.89. The van der Waals surface area contributed by atoms with Crippen molar-refractivity contribution in [2.75, 3.05) is 25.0 Å². The van der Waals surface area contributed by atoms with Crippen LogP contribution in [0.1, 0.15) is 56.6 Å². The molecule has 5 heterocycles. The van der Waals surface area contributed by atoms with Crippen LogP contribution in [-0.2, 0) is 21.3 Å². The van der Waals surface area contributed by atoms with E-state index in [1.807, 2.05) is 6.07 Å². The third kappa shape index (κ3) is 5.01. The van der Waals surface area contributed by atoms with Crippen molar-refractivity contribution in [3.63, 3.8) is 0 Å². The first-order valence-corrected chi connectivity index (χ1v) is 13.2. The topological polar surface area (TPSA) is 134 Å². The molecule has 12 heteroatoms. The van der Waals surface area contributed by atoms with Crippen LogP contribution >= 0.6 is 0 Å². The van der Waals surface area contributed by atoms with Gasteiger partial charge in [-0.3, -0.25) is 9.78 Å². The first kappa shape index (κ1) is 22.2. The Balaban J connectivity index is 1.30. The number of anilines is 1. The summed E-state index contributed by atoms with van der Waals surface area (Å²) in [6.45, 7) is 2.02. The Labute approximate surface area is 193 Å². The molecule has 2 aromatic heterocycles. The van der Waals surface area contributed by atoms with Crippen LogP contribution in [0.15, 0.2) is 23.4 Å². The van der Waals surface area contributed by atoms with Gasteiger partial charge < -0.3 is 15.4 Å². The number of hydrogen-bond acceptors (Lipinski definition) is 7. The number of carbonyl (C=O) groups excluding carboxylic acids is 1. The van der Waals surface area contributed by atoms with Crippen LogP contribution in [0, 0.1) is 0 Å². The molecule has 3 aliphatic heterocycles. The molecule has 0 unspecified atom stereocenters. The number of hydrogen-bond donors (Lipinski definition) is 3. The van der Waals surface area contributed by atoms with Gasteiger partial charge in [-0.15, -0.1) is 0 Å². The minimum absolute atomic E-state index is 0.0821. The summed E-state index contributed by atoms with van der Waals surface area (Å²) in [5.41, 5.74) is 1.04. The molecule has 1 saturated carbocycles. The number of fused-ring (bicyclic) bond motifs is 8. The van der Waals surface area contributed by atoms with Gasteiger partial charge in [0.25, 0.3) is 0 Å². The summed E-state index contributed by atoms with van der Waals surface area (Å²) in [5, 5.41) is 18.0. The third-order valence-corrected chi connectivity index (χ3v) is 8.68. The number of alkyl carbamates (subject to hydrolysis) is 1. The molecule has 2 fully saturated rings. The van der Waals surface area contributed by atoms with E-state index in [4.69, 9.17) is 4.74 Å². The fourth-order valence-electron chi connectivity index (χ4n) is 4.93. The minimum atomic E-state index is -3.56. The number of piperidine rings is 1. The van der Waals surface area contributed by atoms with Gasteiger partial charge in [-0.2, -0.15) is 14.5 Å². The maximum Gasteiger partial charge on any atom is 0.407 e. The predicted molar refractivity (Wildman–Crippen MR) is 120 cm³/mol. The maximum absolute atomic E-state index is 13.0. The lowest BCUT2D eigenvalue weighted by atomic mass is 10.0. The smallest absolute Gasteiger partial charge is 0.407 e. The Hall–Kier alpha value is -2.60. The van der Waals surface area contributed by atoms with Crippen molar-refractivity contribution in [1.29, 1.82) is 0 Å². The van der Waals surface area contributed by atoms with E-state index in [0.29, 0.717) is 39.0 Å². The van der Waals surface area contributed by atoms with Gasteiger partial charge in [0.05, 0.1) is 6.20 Å². The normalized spacial score (nSPS) is 30.4. The number of ether oxygens (including phenoxy) is 1. The van der Waals surface area contributed by atoms with Crippen molar-refractivity contribution in [3.8, 4) is 0 Å². The Morgan fingerprint density at radius 2 is 1.94 bits per heavy atom. The molecule has 180 valence electrons. The molecular weight excluding hydrogens is 446 g/mol. The molecule has 8 bridgehead atoms. The van der Waals surface area contributed by atoms with E-state index in [-0.39, 0.29) is 29.1 Å². The van der Waals surface area contributed by atoms with Crippen LogP contribution in [-0.4, -0.2) is 70.6 Å². The third-order valence-electron chi connectivity index (χ3n) is 6.83. The molecular formula is C21H31N7O4S. The molecule has 1 amide bonds. The fraction of sp³-hybridized carbons (Fsp3) is 0.667. The highest BCUT2D eigenvalue weighted by atomic mass is 32.2. The van der Waals surface area contributed by atoms with E-state index in [0.717, 1.165) is 43.6 Å². The minimum Gasteiger partial charge on any atom is -0.446 e. The summed E-state index contributed by atoms with van der Waals surface area (Å²) >= 11 is 0. The predicted octanol–water partition coefficient (Wildman–Crippen LogP) is 2.03. The number of carbonyl (C=O) groups is 1. The quantitative estimate of drug-likeness (QED) is 0.528. The van der Waals surface area contributed by atoms with Crippen LogP contribution in [0.25, 0.3) is 0 Å². The monoisotopic (exact) mass is 477 g/mol. The van der Waals surface area contributed by atoms with Crippen molar-refractivity contribution in [2.24, 2.45) is 0 Å². The van der Waals surface area contributed by atoms with Crippen molar-refractivity contribution >= 4 is 21.9 Å². The van der Waals surface area contributed by atoms with Crippen LogP contribution in [0.3, 0.4) is 0 Å². The van der Waals surface area contributed by atoms with Crippen LogP contribution in [0.5, 0.6) is 0 Å². The largest absolute Gasteiger partial charge is 0.446 e. The fourth-order valence-corrected chi connectivity index (χ4v) is 6.36. The van der Waals surface area contributed by atoms with E-state index in [1.54, 1.807) is 15.2 Å². The summed E-state index contributed by atoms with van der Waals surface area (Å²) in [6.07, 6.45) is 8.07. The molecule has 0 radical (unpaired) electrons. The number of aromatic nitrogens is 4. The lowest BCUT2D eigenvalue weighted by molar-refractivity contribution is 0.100. The number of rotatable bonds is 0. The van der Waals surface area contributed by atoms with E-state index < -0.39 is 10.0 Å². The van der Waals surface area contributed by atoms with Crippen molar-refractivity contribution < 1.29 is 17.9 Å². The molecule has 3 N–H and O–H groups in total. The molecule has 11 nitrogen and oxygen atoms in total. The van der Waals surface area contributed by atoms with Gasteiger partial charge in [0.15, 0.2) is 0 Å². The first-order valence-electron chi connectivity index (χ1n) is 11.8. The van der Waals surface area contributed by atoms with Gasteiger partial charge in [-0.05, 0) is 44.9 Å². The van der Waals surface area contributed by atoms with Crippen molar-refractivity contribution in [2.45, 2.75) is 74.4 Å². The number of nitrogens with zero attached hydrogens (tertiary/aromatic N) is 4. The zero-order chi connectivity index (χ0) is 22.8. The molecule has 2 atom stereocenters. The van der Waals surface area contributed by atoms with E-state index in [9.17, 15) is 13.2 Å². The molecule has 2 aromatic rings. The average molecular weight is 478 g/mol. The molecule has 0 spiro atoms. The van der Waals surface area contributed by atoms with Gasteiger partial charge in [-0.1, -0.05) is 0 Å². The van der Waals surface area contributed by atoms with Gasteiger partial charge in [-0.25, -0.2) is 13.2 Å². The second-order valence-electron chi connectivity index (χ2n) is 9.14. The van der Waals surface area contributed by atoms with Crippen LogP contribution in [0.4, 0.5) is 10.6 Å². The lowest BCUT2D eigenvalue weighted by Crippen LogP contribution is -2.42. The number of H-pyrrole nitrogens is 1. The Kier molecular flexibility index (Phi) is 6.28. The van der Waals surface area contributed by atoms with Gasteiger partial charge in [0.1, 0.15) is 16.8 Å². The number of nitrogens with one attached hydrogen (secondary N) is 3. The number of amides is 1. The second kappa shape index (κ2) is 9.34. The van der Waals surface area contributed by atoms with E-state index in [1.165, 1.54) is 6.20 Å². The first-order chi connectivity index (χ1) is 16.0. The van der Waals surface area contributed by atoms with E-state index in [2.05, 4.69) is 25.9 Å². The zero-order valence-corrected chi connectivity index (χ0v) is 19.4. The summed E-state index contributed by atoms with van der Waals surface area (Å²) in [6, 6.07) is 2.19. The van der Waals surface area contributed by atoms with Crippen LogP contribution in [0.2, 0.25) is 0 Å². The highest BCUT2D eigenvalue weighted by Crippen LogP contribution is 2.36. The summed E-state index contributed by atoms with van der Waals surface area (Å²) < 4.78 is 34.9.